The van der Waals surface area contributed by atoms with Gasteiger partial charge in [0.2, 0.25) is 0 Å². The topological polar surface area (TPSA) is 12.0 Å². The first kappa shape index (κ1) is 12.4. The lowest BCUT2D eigenvalue weighted by atomic mass is 10.1. The Labute approximate surface area is 127 Å². The number of hydrogen-bond donors (Lipinski definition) is 1. The van der Waals surface area contributed by atoms with E-state index < -0.39 is 0 Å². The van der Waals surface area contributed by atoms with Crippen LogP contribution in [0, 0.1) is 6.92 Å². The Bertz CT molecular complexity index is 919. The van der Waals surface area contributed by atoms with E-state index in [0.29, 0.717) is 0 Å². The maximum Gasteiger partial charge on any atom is 0.0398 e. The Morgan fingerprint density at radius 2 is 1.43 bits per heavy atom. The van der Waals surface area contributed by atoms with Crippen molar-refractivity contribution in [3.63, 3.8) is 0 Å². The molecule has 0 atom stereocenters. The quantitative estimate of drug-likeness (QED) is 0.469. The van der Waals surface area contributed by atoms with Gasteiger partial charge in [0.1, 0.15) is 0 Å². The first-order chi connectivity index (χ1) is 10.3. The highest BCUT2D eigenvalue weighted by Crippen LogP contribution is 2.35. The van der Waals surface area contributed by atoms with E-state index >= 15 is 0 Å². The minimum atomic E-state index is 1.13. The largest absolute Gasteiger partial charge is 0.355 e. The number of fused-ring (bicyclic) bond motifs is 3. The normalized spacial score (nSPS) is 11.1. The fourth-order valence-corrected chi connectivity index (χ4v) is 3.75. The molecule has 0 aliphatic heterocycles. The van der Waals surface area contributed by atoms with Gasteiger partial charge in [-0.1, -0.05) is 42.0 Å². The van der Waals surface area contributed by atoms with Crippen LogP contribution in [-0.4, -0.2) is 0 Å². The fourth-order valence-electron chi connectivity index (χ4n) is 2.61. The lowest BCUT2D eigenvalue weighted by molar-refractivity contribution is 1.46. The summed E-state index contributed by atoms with van der Waals surface area (Å²) in [6.45, 7) is 2.10. The van der Waals surface area contributed by atoms with Crippen molar-refractivity contribution in [3.05, 3.63) is 72.3 Å². The predicted molar refractivity (Wildman–Crippen MR) is 93.8 cm³/mol. The maximum atomic E-state index is 3.47. The molecule has 1 nitrogen and oxygen atoms in total. The van der Waals surface area contributed by atoms with E-state index in [1.54, 1.807) is 0 Å². The third kappa shape index (κ3) is 2.28. The summed E-state index contributed by atoms with van der Waals surface area (Å²) in [5, 5.41) is 6.16. The van der Waals surface area contributed by atoms with Crippen molar-refractivity contribution in [1.29, 1.82) is 0 Å². The molecule has 102 valence electrons. The summed E-state index contributed by atoms with van der Waals surface area (Å²) < 4.78 is 2.67. The zero-order chi connectivity index (χ0) is 14.2. The Hall–Kier alpha value is -2.32. The molecule has 0 radical (unpaired) electrons. The summed E-state index contributed by atoms with van der Waals surface area (Å²) in [4.78, 5) is 0. The molecule has 0 saturated carbocycles. The summed E-state index contributed by atoms with van der Waals surface area (Å²) in [6.07, 6.45) is 0. The Kier molecular flexibility index (Phi) is 2.90. The van der Waals surface area contributed by atoms with E-state index in [9.17, 15) is 0 Å². The van der Waals surface area contributed by atoms with Gasteiger partial charge in [-0.3, -0.25) is 0 Å². The molecular formula is C19H15NS. The number of aryl methyl sites for hydroxylation is 1. The zero-order valence-corrected chi connectivity index (χ0v) is 12.6. The van der Waals surface area contributed by atoms with Crippen molar-refractivity contribution in [2.24, 2.45) is 0 Å². The van der Waals surface area contributed by atoms with E-state index in [1.165, 1.54) is 25.7 Å². The first-order valence-corrected chi connectivity index (χ1v) is 7.86. The van der Waals surface area contributed by atoms with Crippen molar-refractivity contribution in [2.75, 3.05) is 5.32 Å². The van der Waals surface area contributed by atoms with Gasteiger partial charge in [-0.25, -0.2) is 0 Å². The second-order valence-electron chi connectivity index (χ2n) is 5.30. The molecule has 0 spiro atoms. The van der Waals surface area contributed by atoms with Crippen LogP contribution >= 0.6 is 11.3 Å². The van der Waals surface area contributed by atoms with Crippen LogP contribution in [0.15, 0.2) is 66.7 Å². The van der Waals surface area contributed by atoms with Gasteiger partial charge in [-0.05, 0) is 37.3 Å². The smallest absolute Gasteiger partial charge is 0.0398 e. The van der Waals surface area contributed by atoms with Crippen LogP contribution in [0.5, 0.6) is 0 Å². The molecule has 21 heavy (non-hydrogen) atoms. The molecule has 0 aliphatic rings. The number of rotatable bonds is 2. The highest BCUT2D eigenvalue weighted by molar-refractivity contribution is 7.25. The minimum Gasteiger partial charge on any atom is -0.355 e. The molecule has 4 aromatic rings. The number of nitrogens with one attached hydrogen (secondary N) is 1. The summed E-state index contributed by atoms with van der Waals surface area (Å²) in [7, 11) is 0. The van der Waals surface area contributed by atoms with Crippen molar-refractivity contribution < 1.29 is 0 Å². The molecule has 1 aromatic heterocycles. The predicted octanol–water partition coefficient (Wildman–Crippen LogP) is 6.11. The standard InChI is InChI=1S/C19H15NS/c1-13-6-8-14(9-7-13)20-15-10-11-17-16-4-2-3-5-18(16)21-19(17)12-15/h2-12,20H,1H3. The van der Waals surface area contributed by atoms with Gasteiger partial charge in [0.05, 0.1) is 0 Å². The molecule has 0 bridgehead atoms. The van der Waals surface area contributed by atoms with Gasteiger partial charge in [-0.15, -0.1) is 11.3 Å². The van der Waals surface area contributed by atoms with Crippen LogP contribution in [0.4, 0.5) is 11.4 Å². The number of hydrogen-bond acceptors (Lipinski definition) is 2. The average Bonchev–Trinajstić information content (AvgIpc) is 2.87. The molecule has 0 saturated heterocycles. The number of benzene rings is 3. The first-order valence-electron chi connectivity index (χ1n) is 7.04. The van der Waals surface area contributed by atoms with E-state index in [2.05, 4.69) is 79.0 Å². The molecule has 4 rings (SSSR count). The fraction of sp³-hybridized carbons (Fsp3) is 0.0526. The lowest BCUT2D eigenvalue weighted by Crippen LogP contribution is -1.89. The number of thiophene rings is 1. The van der Waals surface area contributed by atoms with Gasteiger partial charge in [0, 0.05) is 31.5 Å². The summed E-state index contributed by atoms with van der Waals surface area (Å²) in [5.41, 5.74) is 3.54. The van der Waals surface area contributed by atoms with Crippen LogP contribution in [0.2, 0.25) is 0 Å². The van der Waals surface area contributed by atoms with Crippen LogP contribution < -0.4 is 5.32 Å². The molecule has 0 amide bonds. The summed E-state index contributed by atoms with van der Waals surface area (Å²) >= 11 is 1.85. The van der Waals surface area contributed by atoms with Gasteiger partial charge < -0.3 is 5.32 Å². The maximum absolute atomic E-state index is 3.47. The van der Waals surface area contributed by atoms with Crippen molar-refractivity contribution in [2.45, 2.75) is 6.92 Å². The lowest BCUT2D eigenvalue weighted by Gasteiger charge is -2.06. The molecule has 1 N–H and O–H groups in total. The monoisotopic (exact) mass is 289 g/mol. The van der Waals surface area contributed by atoms with Gasteiger partial charge in [-0.2, -0.15) is 0 Å². The van der Waals surface area contributed by atoms with E-state index in [0.717, 1.165) is 11.4 Å². The molecule has 3 aromatic carbocycles. The third-order valence-electron chi connectivity index (χ3n) is 3.72. The van der Waals surface area contributed by atoms with Crippen LogP contribution in [0.3, 0.4) is 0 Å². The van der Waals surface area contributed by atoms with E-state index in [-0.39, 0.29) is 0 Å². The second-order valence-corrected chi connectivity index (χ2v) is 6.38. The summed E-state index contributed by atoms with van der Waals surface area (Å²) in [6, 6.07) is 23.7. The zero-order valence-electron chi connectivity index (χ0n) is 11.8. The Balaban J connectivity index is 1.76. The SMILES string of the molecule is Cc1ccc(Nc2ccc3c(c2)sc2ccccc23)cc1. The van der Waals surface area contributed by atoms with E-state index in [1.807, 2.05) is 11.3 Å². The molecule has 0 unspecified atom stereocenters. The third-order valence-corrected chi connectivity index (χ3v) is 4.85. The van der Waals surface area contributed by atoms with Crippen LogP contribution in [0.1, 0.15) is 5.56 Å². The van der Waals surface area contributed by atoms with Crippen molar-refractivity contribution in [1.82, 2.24) is 0 Å². The average molecular weight is 289 g/mol. The summed E-state index contributed by atoms with van der Waals surface area (Å²) in [5.74, 6) is 0. The highest BCUT2D eigenvalue weighted by atomic mass is 32.1. The molecule has 2 heteroatoms. The van der Waals surface area contributed by atoms with Crippen LogP contribution in [0.25, 0.3) is 20.2 Å². The Morgan fingerprint density at radius 1 is 0.714 bits per heavy atom. The molecular weight excluding hydrogens is 274 g/mol. The number of anilines is 2. The van der Waals surface area contributed by atoms with Crippen LogP contribution in [-0.2, 0) is 0 Å². The van der Waals surface area contributed by atoms with Crippen molar-refractivity contribution in [3.8, 4) is 0 Å². The molecule has 0 aliphatic carbocycles. The van der Waals surface area contributed by atoms with Gasteiger partial charge >= 0.3 is 0 Å². The van der Waals surface area contributed by atoms with Gasteiger partial charge in [0.15, 0.2) is 0 Å². The Morgan fingerprint density at radius 3 is 2.29 bits per heavy atom. The highest BCUT2D eigenvalue weighted by Gasteiger charge is 2.05. The second kappa shape index (κ2) is 4.90. The van der Waals surface area contributed by atoms with Crippen molar-refractivity contribution >= 4 is 42.9 Å². The molecule has 0 fully saturated rings. The van der Waals surface area contributed by atoms with Gasteiger partial charge in [0.25, 0.3) is 0 Å². The minimum absolute atomic E-state index is 1.13. The molecule has 1 heterocycles. The van der Waals surface area contributed by atoms with E-state index in [4.69, 9.17) is 0 Å².